The molecule has 0 aromatic rings. The molecule has 0 saturated heterocycles. The molecule has 0 amide bonds. The van der Waals surface area contributed by atoms with Gasteiger partial charge in [0.1, 0.15) is 0 Å². The van der Waals surface area contributed by atoms with Gasteiger partial charge in [-0.3, -0.25) is 9.59 Å². The first kappa shape index (κ1) is 11.2. The molecule has 0 aromatic carbocycles. The molecule has 0 saturated carbocycles. The van der Waals surface area contributed by atoms with E-state index in [2.05, 4.69) is 4.74 Å². The van der Waals surface area contributed by atoms with Gasteiger partial charge in [0.05, 0.1) is 0 Å². The first-order chi connectivity index (χ1) is 3.31. The van der Waals surface area contributed by atoms with Gasteiger partial charge in [-0.2, -0.15) is 0 Å². The van der Waals surface area contributed by atoms with Gasteiger partial charge in [0, 0.05) is 6.42 Å². The predicted molar refractivity (Wildman–Crippen MR) is 30.4 cm³/mol. The molecule has 4 heteroatoms. The third-order valence-electron chi connectivity index (χ3n) is 0.468. The summed E-state index contributed by atoms with van der Waals surface area (Å²) >= 11 is 0. The first-order valence-electron chi connectivity index (χ1n) is 1.94. The zero-order valence-corrected chi connectivity index (χ0v) is 6.92. The average Bonchev–Trinajstić information content (AvgIpc) is 1.68. The molecule has 0 fully saturated rings. The summed E-state index contributed by atoms with van der Waals surface area (Å²) in [4.78, 5) is 19.3. The number of carbonyl (C=O) groups excluding carboxylic acids is 2. The molecule has 0 rings (SSSR count). The van der Waals surface area contributed by atoms with Crippen LogP contribution in [0.5, 0.6) is 0 Å². The van der Waals surface area contributed by atoms with Gasteiger partial charge < -0.3 is 7.59 Å². The van der Waals surface area contributed by atoms with E-state index in [1.807, 2.05) is 0 Å². The Bertz CT molecular complexity index is 88.6. The van der Waals surface area contributed by atoms with Crippen molar-refractivity contribution in [2.75, 3.05) is 0 Å². The molecule has 0 radical (unpaired) electrons. The van der Waals surface area contributed by atoms with E-state index in [0.717, 1.165) is 0 Å². The normalized spacial score (nSPS) is 6.62. The Morgan fingerprint density at radius 1 is 1.88 bits per heavy atom. The summed E-state index contributed by atoms with van der Waals surface area (Å²) in [7, 11) is 0. The number of rotatable bonds is 2. The maximum atomic E-state index is 9.96. The summed E-state index contributed by atoms with van der Waals surface area (Å²) < 4.78 is 3.87. The fourth-order valence-corrected chi connectivity index (χ4v) is 0.137. The fraction of sp³-hybridized carbons (Fsp3) is 0.500. The number of ether oxygens (including phenoxy) is 1. The Hall–Kier alpha value is 0.400. The molecule has 0 aliphatic carbocycles. The van der Waals surface area contributed by atoms with Crippen LogP contribution < -0.4 is 0 Å². The third-order valence-corrected chi connectivity index (χ3v) is 0.468. The van der Waals surface area contributed by atoms with Crippen LogP contribution in [0.3, 0.4) is 0 Å². The molecule has 0 bridgehead atoms. The van der Waals surface area contributed by atoms with Gasteiger partial charge in [0.2, 0.25) is 0 Å². The molecule has 8 heavy (non-hydrogen) atoms. The minimum absolute atomic E-state index is 0. The van der Waals surface area contributed by atoms with E-state index in [4.69, 9.17) is 0 Å². The standard InChI is InChI=1S/C4H6O3.Ca.2H/c1-2-4(6)7-3-5;;;/h3H,2H2,1H3;;;/q;+2;2*-1. The van der Waals surface area contributed by atoms with Crippen molar-refractivity contribution in [2.45, 2.75) is 13.3 Å². The van der Waals surface area contributed by atoms with Crippen molar-refractivity contribution in [1.82, 2.24) is 0 Å². The van der Waals surface area contributed by atoms with Gasteiger partial charge in [-0.1, -0.05) is 6.92 Å². The topological polar surface area (TPSA) is 43.4 Å². The van der Waals surface area contributed by atoms with Crippen LogP contribution in [-0.2, 0) is 14.3 Å². The van der Waals surface area contributed by atoms with Crippen LogP contribution >= 0.6 is 0 Å². The van der Waals surface area contributed by atoms with Crippen molar-refractivity contribution in [3.8, 4) is 0 Å². The summed E-state index contributed by atoms with van der Waals surface area (Å²) in [5, 5.41) is 0. The Morgan fingerprint density at radius 3 is 2.50 bits per heavy atom. The third kappa shape index (κ3) is 6.40. The van der Waals surface area contributed by atoms with Crippen molar-refractivity contribution >= 4 is 50.2 Å². The van der Waals surface area contributed by atoms with Crippen molar-refractivity contribution < 1.29 is 17.2 Å². The van der Waals surface area contributed by atoms with Crippen LogP contribution in [0.2, 0.25) is 0 Å². The largest absolute Gasteiger partial charge is 2.00 e. The van der Waals surface area contributed by atoms with Gasteiger partial charge >= 0.3 is 50.2 Å². The Morgan fingerprint density at radius 2 is 2.38 bits per heavy atom. The molecule has 44 valence electrons. The zero-order valence-electron chi connectivity index (χ0n) is 6.72. The van der Waals surface area contributed by atoms with Crippen molar-refractivity contribution in [3.05, 3.63) is 0 Å². The Balaban J connectivity index is -0.0000000600. The van der Waals surface area contributed by atoms with Gasteiger partial charge in [-0.25, -0.2) is 0 Å². The van der Waals surface area contributed by atoms with Crippen LogP contribution in [0, 0.1) is 0 Å². The van der Waals surface area contributed by atoms with E-state index in [0.29, 0.717) is 0 Å². The van der Waals surface area contributed by atoms with E-state index in [1.165, 1.54) is 0 Å². The Labute approximate surface area is 80.4 Å². The summed E-state index contributed by atoms with van der Waals surface area (Å²) in [6, 6.07) is 0. The van der Waals surface area contributed by atoms with Gasteiger partial charge in [-0.15, -0.1) is 0 Å². The number of carbonyl (C=O) groups is 2. The Kier molecular flexibility index (Phi) is 10.4. The second-order valence-electron chi connectivity index (χ2n) is 0.940. The average molecular weight is 144 g/mol. The minimum Gasteiger partial charge on any atom is -1.00 e. The van der Waals surface area contributed by atoms with Crippen molar-refractivity contribution in [3.63, 3.8) is 0 Å². The summed E-state index contributed by atoms with van der Waals surface area (Å²) in [6.45, 7) is 1.75. The van der Waals surface area contributed by atoms with Gasteiger partial charge in [0.15, 0.2) is 0 Å². The summed E-state index contributed by atoms with van der Waals surface area (Å²) in [5.74, 6) is -0.491. The van der Waals surface area contributed by atoms with E-state index in [1.54, 1.807) is 6.92 Å². The second kappa shape index (κ2) is 7.40. The van der Waals surface area contributed by atoms with Crippen LogP contribution in [0.4, 0.5) is 0 Å². The quantitative estimate of drug-likeness (QED) is 0.236. The molecule has 0 heterocycles. The molecule has 0 aliphatic rings. The first-order valence-corrected chi connectivity index (χ1v) is 1.94. The van der Waals surface area contributed by atoms with Crippen molar-refractivity contribution in [2.24, 2.45) is 0 Å². The molecule has 0 atom stereocenters. The number of hydrogen-bond donors (Lipinski definition) is 0. The van der Waals surface area contributed by atoms with Crippen LogP contribution in [0.15, 0.2) is 0 Å². The van der Waals surface area contributed by atoms with Crippen LogP contribution in [-0.4, -0.2) is 50.2 Å². The molecule has 0 unspecified atom stereocenters. The minimum atomic E-state index is -0.491. The molecule has 0 aromatic heterocycles. The fourth-order valence-electron chi connectivity index (χ4n) is 0.137. The van der Waals surface area contributed by atoms with Crippen molar-refractivity contribution in [1.29, 1.82) is 0 Å². The molecular weight excluding hydrogens is 136 g/mol. The summed E-state index contributed by atoms with van der Waals surface area (Å²) in [5.41, 5.74) is 0. The second-order valence-corrected chi connectivity index (χ2v) is 0.940. The molecule has 3 nitrogen and oxygen atoms in total. The van der Waals surface area contributed by atoms with Crippen LogP contribution in [0.1, 0.15) is 16.2 Å². The smallest absolute Gasteiger partial charge is 1.00 e. The SMILES string of the molecule is CCC(=O)OC=O.[Ca+2].[H-].[H-]. The van der Waals surface area contributed by atoms with E-state index >= 15 is 0 Å². The maximum absolute atomic E-state index is 9.96. The maximum Gasteiger partial charge on any atom is 2.00 e. The molecule has 0 N–H and O–H groups in total. The molecule has 0 aliphatic heterocycles. The van der Waals surface area contributed by atoms with Gasteiger partial charge in [-0.05, 0) is 0 Å². The predicted octanol–water partition coefficient (Wildman–Crippen LogP) is -0.0598. The number of hydrogen-bond acceptors (Lipinski definition) is 3. The summed E-state index contributed by atoms with van der Waals surface area (Å²) in [6.07, 6.45) is 0.249. The van der Waals surface area contributed by atoms with Gasteiger partial charge in [0.25, 0.3) is 0 Å². The molecular formula is C4H8CaO3. The van der Waals surface area contributed by atoms with E-state index < -0.39 is 5.97 Å². The molecule has 0 spiro atoms. The zero-order chi connectivity index (χ0) is 5.70. The van der Waals surface area contributed by atoms with Crippen LogP contribution in [0.25, 0.3) is 0 Å². The van der Waals surface area contributed by atoms with E-state index in [9.17, 15) is 9.59 Å². The monoisotopic (exact) mass is 144 g/mol. The van der Waals surface area contributed by atoms with E-state index in [-0.39, 0.29) is 53.5 Å². The number of esters is 1.